The van der Waals surface area contributed by atoms with E-state index in [1.165, 1.54) is 11.8 Å². The zero-order valence-electron chi connectivity index (χ0n) is 17.9. The predicted octanol–water partition coefficient (Wildman–Crippen LogP) is 5.03. The topological polar surface area (TPSA) is 57.1 Å². The van der Waals surface area contributed by atoms with Gasteiger partial charge in [0.1, 0.15) is 5.04 Å². The van der Waals surface area contributed by atoms with Gasteiger partial charge >= 0.3 is 0 Å². The van der Waals surface area contributed by atoms with E-state index >= 15 is 0 Å². The molecule has 5 nitrogen and oxygen atoms in total. The highest BCUT2D eigenvalue weighted by Gasteiger charge is 2.39. The Bertz CT molecular complexity index is 1010. The van der Waals surface area contributed by atoms with Gasteiger partial charge in [0.05, 0.1) is 11.5 Å². The van der Waals surface area contributed by atoms with E-state index in [1.807, 2.05) is 43.3 Å². The molecule has 2 aromatic carbocycles. The molecule has 162 valence electrons. The van der Waals surface area contributed by atoms with Crippen LogP contribution >= 0.6 is 23.4 Å². The van der Waals surface area contributed by atoms with E-state index in [9.17, 15) is 4.79 Å². The van der Waals surface area contributed by atoms with Crippen LogP contribution < -0.4 is 5.32 Å². The molecule has 4 rings (SSSR count). The molecule has 1 fully saturated rings. The van der Waals surface area contributed by atoms with Crippen molar-refractivity contribution >= 4 is 45.7 Å². The molecular formula is C24H27ClN4OS. The Morgan fingerprint density at radius 1 is 1.13 bits per heavy atom. The van der Waals surface area contributed by atoms with Gasteiger partial charge in [-0.1, -0.05) is 66.7 Å². The number of amides is 1. The van der Waals surface area contributed by atoms with Crippen molar-refractivity contribution in [1.82, 2.24) is 4.90 Å². The number of rotatable bonds is 5. The first-order valence-electron chi connectivity index (χ1n) is 10.7. The van der Waals surface area contributed by atoms with Gasteiger partial charge in [0.2, 0.25) is 5.91 Å². The maximum Gasteiger partial charge on any atom is 0.234 e. The fourth-order valence-corrected chi connectivity index (χ4v) is 4.97. The number of piperidine rings is 1. The largest absolute Gasteiger partial charge is 0.325 e. The molecule has 1 saturated heterocycles. The van der Waals surface area contributed by atoms with Gasteiger partial charge in [0, 0.05) is 42.2 Å². The lowest BCUT2D eigenvalue weighted by molar-refractivity contribution is -0.113. The van der Waals surface area contributed by atoms with Crippen LogP contribution in [0.15, 0.2) is 58.5 Å². The maximum atomic E-state index is 12.6. The summed E-state index contributed by atoms with van der Waals surface area (Å²) in [5, 5.41) is 4.47. The Morgan fingerprint density at radius 3 is 2.58 bits per heavy atom. The zero-order chi connectivity index (χ0) is 21.8. The van der Waals surface area contributed by atoms with Crippen molar-refractivity contribution < 1.29 is 4.79 Å². The zero-order valence-corrected chi connectivity index (χ0v) is 19.5. The number of carbonyl (C=O) groups excluding carboxylic acids is 1. The normalized spacial score (nSPS) is 18.0. The number of hydrogen-bond donors (Lipinski definition) is 1. The van der Waals surface area contributed by atoms with Crippen LogP contribution in [-0.2, 0) is 4.79 Å². The number of aliphatic imine (C=N–C) groups is 2. The summed E-state index contributed by atoms with van der Waals surface area (Å²) in [6.07, 6.45) is 1.82. The number of hydrogen-bond acceptors (Lipinski definition) is 5. The minimum absolute atomic E-state index is 0.0766. The molecule has 0 unspecified atom stereocenters. The third-order valence-corrected chi connectivity index (χ3v) is 7.24. The lowest BCUT2D eigenvalue weighted by atomic mass is 9.98. The molecule has 1 spiro atoms. The Labute approximate surface area is 193 Å². The fraction of sp³-hybridized carbons (Fsp3) is 0.375. The fourth-order valence-electron chi connectivity index (χ4n) is 3.92. The number of likely N-dealkylation sites (tertiary alicyclic amines) is 1. The van der Waals surface area contributed by atoms with E-state index < -0.39 is 0 Å². The second-order valence-electron chi connectivity index (χ2n) is 7.91. The van der Waals surface area contributed by atoms with Crippen LogP contribution in [-0.4, -0.2) is 52.6 Å². The highest BCUT2D eigenvalue weighted by atomic mass is 35.5. The van der Waals surface area contributed by atoms with Gasteiger partial charge in [-0.2, -0.15) is 0 Å². The summed E-state index contributed by atoms with van der Waals surface area (Å²) in [5.74, 6) is 0.195. The molecule has 2 aliphatic rings. The van der Waals surface area contributed by atoms with E-state index in [-0.39, 0.29) is 17.3 Å². The Kier molecular flexibility index (Phi) is 6.80. The Hall–Kier alpha value is -2.15. The number of thioether (sulfide) groups is 1. The number of carbonyl (C=O) groups is 1. The SMILES string of the molecule is CCN1CCC2(CC1)N=C(SCC(=O)Nc1cccc(Cl)c1C)C(c1ccccc1)=N2. The molecule has 1 amide bonds. The average Bonchev–Trinajstić information content (AvgIpc) is 3.15. The van der Waals surface area contributed by atoms with E-state index in [1.54, 1.807) is 0 Å². The third-order valence-electron chi connectivity index (χ3n) is 5.87. The molecule has 31 heavy (non-hydrogen) atoms. The van der Waals surface area contributed by atoms with Crippen molar-refractivity contribution in [1.29, 1.82) is 0 Å². The molecule has 1 N–H and O–H groups in total. The number of nitrogens with zero attached hydrogens (tertiary/aromatic N) is 3. The molecule has 2 heterocycles. The van der Waals surface area contributed by atoms with Gasteiger partial charge in [0.25, 0.3) is 0 Å². The lowest BCUT2D eigenvalue weighted by Crippen LogP contribution is -2.41. The monoisotopic (exact) mass is 454 g/mol. The van der Waals surface area contributed by atoms with E-state index in [4.69, 9.17) is 21.6 Å². The van der Waals surface area contributed by atoms with Crippen molar-refractivity contribution in [2.75, 3.05) is 30.7 Å². The summed E-state index contributed by atoms with van der Waals surface area (Å²) < 4.78 is 0. The number of halogens is 1. The third kappa shape index (κ3) is 5.03. The Morgan fingerprint density at radius 2 is 1.87 bits per heavy atom. The van der Waals surface area contributed by atoms with E-state index in [0.29, 0.717) is 5.02 Å². The quantitative estimate of drug-likeness (QED) is 0.689. The predicted molar refractivity (Wildman–Crippen MR) is 132 cm³/mol. The number of nitrogens with one attached hydrogen (secondary N) is 1. The van der Waals surface area contributed by atoms with Gasteiger partial charge in [-0.15, -0.1) is 0 Å². The summed E-state index contributed by atoms with van der Waals surface area (Å²) in [7, 11) is 0. The summed E-state index contributed by atoms with van der Waals surface area (Å²) >= 11 is 7.63. The smallest absolute Gasteiger partial charge is 0.234 e. The van der Waals surface area contributed by atoms with Crippen LogP contribution in [0.4, 0.5) is 5.69 Å². The van der Waals surface area contributed by atoms with E-state index in [2.05, 4.69) is 29.3 Å². The van der Waals surface area contributed by atoms with E-state index in [0.717, 1.165) is 60.0 Å². The molecule has 0 bridgehead atoms. The first-order valence-corrected chi connectivity index (χ1v) is 12.0. The molecule has 0 radical (unpaired) electrons. The molecule has 0 aliphatic carbocycles. The molecule has 2 aromatic rings. The number of anilines is 1. The maximum absolute atomic E-state index is 12.6. The second-order valence-corrected chi connectivity index (χ2v) is 9.28. The molecule has 0 saturated carbocycles. The van der Waals surface area contributed by atoms with Crippen LogP contribution in [0, 0.1) is 6.92 Å². The minimum Gasteiger partial charge on any atom is -0.325 e. The highest BCUT2D eigenvalue weighted by molar-refractivity contribution is 8.16. The van der Waals surface area contributed by atoms with Gasteiger partial charge in [0.15, 0.2) is 5.66 Å². The molecule has 0 aromatic heterocycles. The van der Waals surface area contributed by atoms with Gasteiger partial charge in [-0.25, -0.2) is 4.99 Å². The van der Waals surface area contributed by atoms with Gasteiger partial charge < -0.3 is 10.2 Å². The van der Waals surface area contributed by atoms with Crippen LogP contribution in [0.5, 0.6) is 0 Å². The van der Waals surface area contributed by atoms with Crippen molar-refractivity contribution in [2.24, 2.45) is 9.98 Å². The lowest BCUT2D eigenvalue weighted by Gasteiger charge is -2.34. The first-order chi connectivity index (χ1) is 15.0. The second kappa shape index (κ2) is 9.55. The number of benzene rings is 2. The van der Waals surface area contributed by atoms with Crippen molar-refractivity contribution in [2.45, 2.75) is 32.4 Å². The Balaban J connectivity index is 1.50. The van der Waals surface area contributed by atoms with Crippen LogP contribution in [0.3, 0.4) is 0 Å². The van der Waals surface area contributed by atoms with Crippen molar-refractivity contribution in [3.8, 4) is 0 Å². The van der Waals surface area contributed by atoms with Crippen LogP contribution in [0.2, 0.25) is 5.02 Å². The van der Waals surface area contributed by atoms with Crippen molar-refractivity contribution in [3.05, 3.63) is 64.7 Å². The highest BCUT2D eigenvalue weighted by Crippen LogP contribution is 2.35. The van der Waals surface area contributed by atoms with Crippen molar-refractivity contribution in [3.63, 3.8) is 0 Å². The molecule has 2 aliphatic heterocycles. The summed E-state index contributed by atoms with van der Waals surface area (Å²) in [4.78, 5) is 25.3. The van der Waals surface area contributed by atoms with Gasteiger partial charge in [-0.3, -0.25) is 9.79 Å². The first kappa shape index (κ1) is 22.1. The summed E-state index contributed by atoms with van der Waals surface area (Å²) in [6, 6.07) is 15.7. The summed E-state index contributed by atoms with van der Waals surface area (Å²) in [5.41, 5.74) is 3.18. The molecular weight excluding hydrogens is 428 g/mol. The standard InChI is InChI=1S/C24H27ClN4OS/c1-3-29-14-12-24(13-15-29)27-22(18-8-5-4-6-9-18)23(28-24)31-16-21(30)26-20-11-7-10-19(25)17(20)2/h4-11H,3,12-16H2,1-2H3,(H,26,30). The minimum atomic E-state index is -0.390. The molecule has 0 atom stereocenters. The van der Waals surface area contributed by atoms with Crippen LogP contribution in [0.1, 0.15) is 30.9 Å². The molecule has 7 heteroatoms. The van der Waals surface area contributed by atoms with Crippen LogP contribution in [0.25, 0.3) is 0 Å². The average molecular weight is 455 g/mol. The summed E-state index contributed by atoms with van der Waals surface area (Å²) in [6.45, 7) is 7.14. The van der Waals surface area contributed by atoms with Gasteiger partial charge in [-0.05, 0) is 31.2 Å².